The van der Waals surface area contributed by atoms with Crippen LogP contribution in [0.25, 0.3) is 32.3 Å². The maximum absolute atomic E-state index is 12.5. The van der Waals surface area contributed by atoms with Gasteiger partial charge >= 0.3 is 0 Å². The van der Waals surface area contributed by atoms with E-state index in [9.17, 15) is 4.79 Å². The predicted octanol–water partition coefficient (Wildman–Crippen LogP) is 3.34. The molecule has 0 aliphatic carbocycles. The number of hydrogen-bond donors (Lipinski definition) is 3. The van der Waals surface area contributed by atoms with E-state index < -0.39 is 0 Å². The maximum Gasteiger partial charge on any atom is 0.250 e. The van der Waals surface area contributed by atoms with Crippen molar-refractivity contribution in [2.24, 2.45) is 11.3 Å². The molecule has 0 radical (unpaired) electrons. The summed E-state index contributed by atoms with van der Waals surface area (Å²) in [7, 11) is 0.611. The standard InChI is InChI=1S/C24H28BN3O/c1-4-14-24(2,3)22(23(29)28-26)27-25-19-13-11-17-9-8-15-6-5-7-16-10-12-18(19)21(17)20(15)16/h5-13,22,25,27H,4,14,26H2,1-3H3,(H,28,29). The number of carbonyl (C=O) groups excluding carboxylic acids is 1. The second-order valence-corrected chi connectivity index (χ2v) is 8.64. The molecule has 0 fully saturated rings. The summed E-state index contributed by atoms with van der Waals surface area (Å²) in [6.45, 7) is 6.38. The summed E-state index contributed by atoms with van der Waals surface area (Å²) >= 11 is 0. The Hall–Kier alpha value is -2.63. The van der Waals surface area contributed by atoms with Gasteiger partial charge in [0, 0.05) is 0 Å². The van der Waals surface area contributed by atoms with Gasteiger partial charge < -0.3 is 5.23 Å². The molecule has 0 aromatic heterocycles. The predicted molar refractivity (Wildman–Crippen MR) is 125 cm³/mol. The van der Waals surface area contributed by atoms with E-state index in [0.717, 1.165) is 12.8 Å². The van der Waals surface area contributed by atoms with Crippen LogP contribution >= 0.6 is 0 Å². The first kappa shape index (κ1) is 19.7. The van der Waals surface area contributed by atoms with Crippen LogP contribution in [-0.2, 0) is 4.79 Å². The number of rotatable bonds is 7. The Kier molecular flexibility index (Phi) is 5.20. The lowest BCUT2D eigenvalue weighted by Gasteiger charge is -2.33. The minimum Gasteiger partial charge on any atom is -0.344 e. The zero-order valence-corrected chi connectivity index (χ0v) is 17.4. The van der Waals surface area contributed by atoms with E-state index in [1.54, 1.807) is 0 Å². The second-order valence-electron chi connectivity index (χ2n) is 8.64. The maximum atomic E-state index is 12.5. The zero-order chi connectivity index (χ0) is 20.6. The molecule has 1 unspecified atom stereocenters. The van der Waals surface area contributed by atoms with Gasteiger partial charge in [0.15, 0.2) is 0 Å². The van der Waals surface area contributed by atoms with Crippen molar-refractivity contribution >= 4 is 51.1 Å². The van der Waals surface area contributed by atoms with Gasteiger partial charge in [0.2, 0.25) is 7.41 Å². The van der Waals surface area contributed by atoms with Crippen LogP contribution in [0.2, 0.25) is 0 Å². The average molecular weight is 385 g/mol. The topological polar surface area (TPSA) is 67.2 Å². The molecule has 0 saturated carbocycles. The Balaban J connectivity index is 1.75. The summed E-state index contributed by atoms with van der Waals surface area (Å²) in [5.74, 6) is 5.32. The first-order chi connectivity index (χ1) is 14.0. The third kappa shape index (κ3) is 3.45. The lowest BCUT2D eigenvalue weighted by Crippen LogP contribution is -2.56. The van der Waals surface area contributed by atoms with E-state index in [-0.39, 0.29) is 17.4 Å². The fourth-order valence-corrected chi connectivity index (χ4v) is 4.76. The third-order valence-corrected chi connectivity index (χ3v) is 6.20. The largest absolute Gasteiger partial charge is 0.344 e. The normalized spacial score (nSPS) is 13.2. The minimum absolute atomic E-state index is 0.166. The molecule has 4 rings (SSSR count). The van der Waals surface area contributed by atoms with Crippen LogP contribution in [0.5, 0.6) is 0 Å². The number of hydrogen-bond acceptors (Lipinski definition) is 3. The third-order valence-electron chi connectivity index (χ3n) is 6.20. The Bertz CT molecular complexity index is 1160. The van der Waals surface area contributed by atoms with E-state index in [4.69, 9.17) is 5.84 Å². The van der Waals surface area contributed by atoms with Crippen molar-refractivity contribution in [2.45, 2.75) is 39.7 Å². The van der Waals surface area contributed by atoms with E-state index in [0.29, 0.717) is 7.41 Å². The molecule has 4 N–H and O–H groups in total. The summed E-state index contributed by atoms with van der Waals surface area (Å²) in [4.78, 5) is 12.5. The van der Waals surface area contributed by atoms with Crippen LogP contribution in [0, 0.1) is 5.41 Å². The van der Waals surface area contributed by atoms with Crippen LogP contribution in [0.15, 0.2) is 54.6 Å². The van der Waals surface area contributed by atoms with Gasteiger partial charge in [-0.15, -0.1) is 0 Å². The molecule has 4 aromatic rings. The number of nitrogens with two attached hydrogens (primary N) is 1. The molecular formula is C24H28BN3O. The number of benzene rings is 4. The Labute approximate surface area is 172 Å². The van der Waals surface area contributed by atoms with Crippen molar-refractivity contribution in [3.05, 3.63) is 54.6 Å². The lowest BCUT2D eigenvalue weighted by atomic mass is 9.72. The summed E-state index contributed by atoms with van der Waals surface area (Å²) in [5.41, 5.74) is 3.34. The van der Waals surface area contributed by atoms with Gasteiger partial charge in [-0.3, -0.25) is 10.2 Å². The highest BCUT2D eigenvalue weighted by molar-refractivity contribution is 6.56. The molecule has 0 aliphatic heterocycles. The molecule has 29 heavy (non-hydrogen) atoms. The van der Waals surface area contributed by atoms with Crippen molar-refractivity contribution in [3.8, 4) is 0 Å². The Morgan fingerprint density at radius 3 is 2.28 bits per heavy atom. The monoisotopic (exact) mass is 385 g/mol. The molecule has 5 heteroatoms. The van der Waals surface area contributed by atoms with Gasteiger partial charge in [-0.1, -0.05) is 87.3 Å². The molecule has 4 nitrogen and oxygen atoms in total. The van der Waals surface area contributed by atoms with Crippen LogP contribution in [0.4, 0.5) is 0 Å². The number of nitrogens with one attached hydrogen (secondary N) is 2. The first-order valence-electron chi connectivity index (χ1n) is 10.4. The van der Waals surface area contributed by atoms with Gasteiger partial charge in [0.05, 0.1) is 6.04 Å². The summed E-state index contributed by atoms with van der Waals surface area (Å²) < 4.78 is 0. The smallest absolute Gasteiger partial charge is 0.250 e. The fourth-order valence-electron chi connectivity index (χ4n) is 4.76. The van der Waals surface area contributed by atoms with E-state index >= 15 is 0 Å². The molecule has 1 amide bonds. The van der Waals surface area contributed by atoms with Gasteiger partial charge in [-0.25, -0.2) is 5.84 Å². The van der Waals surface area contributed by atoms with Crippen molar-refractivity contribution in [1.29, 1.82) is 0 Å². The van der Waals surface area contributed by atoms with Gasteiger partial charge in [-0.05, 0) is 44.2 Å². The van der Waals surface area contributed by atoms with Crippen LogP contribution in [-0.4, -0.2) is 19.4 Å². The van der Waals surface area contributed by atoms with Crippen LogP contribution < -0.4 is 22.0 Å². The number of hydrazine groups is 1. The quantitative estimate of drug-likeness (QED) is 0.150. The second kappa shape index (κ2) is 7.66. The van der Waals surface area contributed by atoms with Gasteiger partial charge in [0.1, 0.15) is 0 Å². The number of carbonyl (C=O) groups is 1. The molecule has 0 aliphatic rings. The summed E-state index contributed by atoms with van der Waals surface area (Å²) in [5, 5.41) is 11.1. The SMILES string of the molecule is CCCC(C)(C)C(NBc1ccc2ccc3cccc4ccc1c2c34)C(=O)NN. The Morgan fingerprint density at radius 2 is 1.62 bits per heavy atom. The minimum atomic E-state index is -0.356. The fraction of sp³-hybridized carbons (Fsp3) is 0.292. The van der Waals surface area contributed by atoms with E-state index in [1.807, 2.05) is 0 Å². The van der Waals surface area contributed by atoms with Crippen molar-refractivity contribution in [2.75, 3.05) is 0 Å². The number of amides is 1. The highest BCUT2D eigenvalue weighted by atomic mass is 16.2. The molecule has 4 aromatic carbocycles. The molecule has 0 saturated heterocycles. The van der Waals surface area contributed by atoms with Crippen molar-refractivity contribution in [3.63, 3.8) is 0 Å². The highest BCUT2D eigenvalue weighted by Crippen LogP contribution is 2.33. The van der Waals surface area contributed by atoms with E-state index in [1.165, 1.54) is 37.8 Å². The van der Waals surface area contributed by atoms with Gasteiger partial charge in [-0.2, -0.15) is 0 Å². The van der Waals surface area contributed by atoms with Crippen molar-refractivity contribution in [1.82, 2.24) is 10.7 Å². The van der Waals surface area contributed by atoms with Crippen LogP contribution in [0.1, 0.15) is 33.6 Å². The molecular weight excluding hydrogens is 357 g/mol. The molecule has 1 atom stereocenters. The molecule has 0 heterocycles. The average Bonchev–Trinajstić information content (AvgIpc) is 2.72. The summed E-state index contributed by atoms with van der Waals surface area (Å²) in [6, 6.07) is 19.2. The molecule has 0 bridgehead atoms. The Morgan fingerprint density at radius 1 is 1.00 bits per heavy atom. The van der Waals surface area contributed by atoms with Gasteiger partial charge in [0.25, 0.3) is 5.91 Å². The molecule has 0 spiro atoms. The van der Waals surface area contributed by atoms with Crippen molar-refractivity contribution < 1.29 is 4.79 Å². The zero-order valence-electron chi connectivity index (χ0n) is 17.4. The van der Waals surface area contributed by atoms with E-state index in [2.05, 4.69) is 86.0 Å². The lowest BCUT2D eigenvalue weighted by molar-refractivity contribution is -0.125. The first-order valence-corrected chi connectivity index (χ1v) is 10.4. The molecule has 148 valence electrons. The highest BCUT2D eigenvalue weighted by Gasteiger charge is 2.33. The van der Waals surface area contributed by atoms with Crippen LogP contribution in [0.3, 0.4) is 0 Å². The summed E-state index contributed by atoms with van der Waals surface area (Å²) in [6.07, 6.45) is 1.96.